The lowest BCUT2D eigenvalue weighted by atomic mass is 9.82. The first-order valence-corrected chi connectivity index (χ1v) is 11.6. The molecule has 4 aromatic rings. The molecule has 0 aliphatic carbocycles. The van der Waals surface area contributed by atoms with Gasteiger partial charge in [-0.3, -0.25) is 4.40 Å². The van der Waals surface area contributed by atoms with Crippen molar-refractivity contribution in [2.24, 2.45) is 0 Å². The fraction of sp³-hybridized carbons (Fsp3) is 0.346. The van der Waals surface area contributed by atoms with E-state index in [-0.39, 0.29) is 13.0 Å². The lowest BCUT2D eigenvalue weighted by Crippen LogP contribution is -2.45. The number of ether oxygens (including phenoxy) is 2. The molecule has 0 aliphatic heterocycles. The predicted octanol–water partition coefficient (Wildman–Crippen LogP) is 3.54. The number of hydrogen-bond acceptors (Lipinski definition) is 8. The number of fused-ring (bicyclic) bond motifs is 3. The normalized spacial score (nSPS) is 15.8. The van der Waals surface area contributed by atoms with Gasteiger partial charge in [-0.25, -0.2) is 0 Å². The first-order chi connectivity index (χ1) is 17.1. The number of rotatable bonds is 9. The number of aliphatic hydroxyl groups is 2. The highest BCUT2D eigenvalue weighted by Gasteiger charge is 2.41. The summed E-state index contributed by atoms with van der Waals surface area (Å²) < 4.78 is 12.5. The Kier molecular flexibility index (Phi) is 7.18. The zero-order chi connectivity index (χ0) is 26.1. The molecule has 0 saturated carbocycles. The van der Waals surface area contributed by atoms with Crippen LogP contribution in [-0.2, 0) is 9.47 Å². The summed E-state index contributed by atoms with van der Waals surface area (Å²) in [6.07, 6.45) is 6.18. The zero-order valence-corrected chi connectivity index (χ0v) is 21.3. The van der Waals surface area contributed by atoms with Crippen LogP contribution in [0, 0.1) is 12.3 Å². The second-order valence-corrected chi connectivity index (χ2v) is 9.45. The number of aromatic nitrogens is 4. The van der Waals surface area contributed by atoms with Crippen molar-refractivity contribution >= 4 is 39.8 Å². The molecular formula is C26H28ClN5O4. The van der Waals surface area contributed by atoms with Crippen LogP contribution in [0.3, 0.4) is 0 Å². The highest BCUT2D eigenvalue weighted by Crippen LogP contribution is 2.38. The first-order valence-electron chi connectivity index (χ1n) is 11.2. The Bertz CT molecular complexity index is 1430. The van der Waals surface area contributed by atoms with Crippen LogP contribution in [0.2, 0.25) is 5.02 Å². The van der Waals surface area contributed by atoms with Gasteiger partial charge in [0.25, 0.3) is 5.78 Å². The number of methoxy groups -OCH3 is 2. The van der Waals surface area contributed by atoms with E-state index in [1.165, 1.54) is 14.2 Å². The maximum Gasteiger partial charge on any atom is 0.257 e. The summed E-state index contributed by atoms with van der Waals surface area (Å²) in [6.45, 7) is 1.46. The number of terminal acetylenes is 1. The summed E-state index contributed by atoms with van der Waals surface area (Å²) >= 11 is 6.26. The van der Waals surface area contributed by atoms with Crippen LogP contribution in [0.25, 0.3) is 16.7 Å². The van der Waals surface area contributed by atoms with E-state index in [9.17, 15) is 10.2 Å². The van der Waals surface area contributed by atoms with Crippen LogP contribution in [0.5, 0.6) is 0 Å². The molecule has 4 rings (SSSR count). The van der Waals surface area contributed by atoms with Gasteiger partial charge in [0.05, 0.1) is 17.7 Å². The number of anilines is 2. The van der Waals surface area contributed by atoms with Gasteiger partial charge < -0.3 is 24.6 Å². The van der Waals surface area contributed by atoms with Crippen molar-refractivity contribution < 1.29 is 19.7 Å². The smallest absolute Gasteiger partial charge is 0.257 e. The Hall–Kier alpha value is -3.26. The van der Waals surface area contributed by atoms with Gasteiger partial charge >= 0.3 is 0 Å². The molecule has 2 N–H and O–H groups in total. The van der Waals surface area contributed by atoms with Crippen LogP contribution in [0.4, 0.5) is 11.5 Å². The molecule has 9 nitrogen and oxygen atoms in total. The quantitative estimate of drug-likeness (QED) is 0.330. The SMILES string of the molecule is C#CC(O)(COC)CC(C)(O)C(OC)c1cccc(N(C)c2nc3nncn3c3cc(Cl)ccc23)c1. The molecule has 3 unspecified atom stereocenters. The summed E-state index contributed by atoms with van der Waals surface area (Å²) in [7, 11) is 4.82. The fourth-order valence-corrected chi connectivity index (χ4v) is 4.78. The molecular weight excluding hydrogens is 482 g/mol. The average molecular weight is 510 g/mol. The van der Waals surface area contributed by atoms with Crippen LogP contribution in [-0.4, -0.2) is 68.9 Å². The Morgan fingerprint density at radius 2 is 2.00 bits per heavy atom. The second kappa shape index (κ2) is 10.0. The van der Waals surface area contributed by atoms with Crippen molar-refractivity contribution in [3.8, 4) is 12.3 Å². The number of halogens is 1. The average Bonchev–Trinajstić information content (AvgIpc) is 3.32. The third kappa shape index (κ3) is 4.87. The molecule has 2 heterocycles. The van der Waals surface area contributed by atoms with E-state index in [0.717, 1.165) is 16.6 Å². The Labute approximate surface area is 214 Å². The maximum absolute atomic E-state index is 11.3. The van der Waals surface area contributed by atoms with E-state index in [1.807, 2.05) is 48.3 Å². The van der Waals surface area contributed by atoms with Gasteiger partial charge in [-0.1, -0.05) is 29.7 Å². The van der Waals surface area contributed by atoms with Crippen molar-refractivity contribution in [2.75, 3.05) is 32.8 Å². The van der Waals surface area contributed by atoms with E-state index in [4.69, 9.17) is 32.5 Å². The lowest BCUT2D eigenvalue weighted by Gasteiger charge is -2.37. The highest BCUT2D eigenvalue weighted by atomic mass is 35.5. The summed E-state index contributed by atoms with van der Waals surface area (Å²) in [6, 6.07) is 13.1. The summed E-state index contributed by atoms with van der Waals surface area (Å²) in [5.41, 5.74) is -0.851. The monoisotopic (exact) mass is 509 g/mol. The molecule has 188 valence electrons. The Balaban J connectivity index is 1.74. The van der Waals surface area contributed by atoms with Crippen molar-refractivity contribution in [1.82, 2.24) is 19.6 Å². The topological polar surface area (TPSA) is 105 Å². The molecule has 0 fully saturated rings. The van der Waals surface area contributed by atoms with Crippen molar-refractivity contribution in [3.05, 3.63) is 59.4 Å². The van der Waals surface area contributed by atoms with Crippen molar-refractivity contribution in [2.45, 2.75) is 30.7 Å². The number of nitrogens with zero attached hydrogens (tertiary/aromatic N) is 5. The zero-order valence-electron chi connectivity index (χ0n) is 20.5. The summed E-state index contributed by atoms with van der Waals surface area (Å²) in [5.74, 6) is 3.42. The molecule has 0 spiro atoms. The molecule has 0 amide bonds. The summed E-state index contributed by atoms with van der Waals surface area (Å²) in [5, 5.41) is 31.6. The first kappa shape index (κ1) is 25.8. The van der Waals surface area contributed by atoms with E-state index in [1.54, 1.807) is 23.7 Å². The highest BCUT2D eigenvalue weighted by molar-refractivity contribution is 6.31. The summed E-state index contributed by atoms with van der Waals surface area (Å²) in [4.78, 5) is 6.63. The molecule has 3 atom stereocenters. The van der Waals surface area contributed by atoms with Gasteiger partial charge in [-0.05, 0) is 42.8 Å². The minimum Gasteiger partial charge on any atom is -0.387 e. The van der Waals surface area contributed by atoms with Gasteiger partial charge in [-0.2, -0.15) is 4.98 Å². The molecule has 10 heteroatoms. The number of benzene rings is 2. The minimum atomic E-state index is -1.65. The minimum absolute atomic E-state index is 0.118. The molecule has 0 radical (unpaired) electrons. The van der Waals surface area contributed by atoms with E-state index in [2.05, 4.69) is 16.1 Å². The number of hydrogen-bond donors (Lipinski definition) is 2. The third-order valence-electron chi connectivity index (χ3n) is 6.18. The Morgan fingerprint density at radius 1 is 1.22 bits per heavy atom. The van der Waals surface area contributed by atoms with Gasteiger partial charge in [-0.15, -0.1) is 16.6 Å². The van der Waals surface area contributed by atoms with Crippen LogP contribution in [0.15, 0.2) is 48.8 Å². The van der Waals surface area contributed by atoms with Crippen LogP contribution < -0.4 is 4.90 Å². The van der Waals surface area contributed by atoms with Gasteiger partial charge in [0.2, 0.25) is 0 Å². The van der Waals surface area contributed by atoms with Crippen molar-refractivity contribution in [3.63, 3.8) is 0 Å². The molecule has 0 aliphatic rings. The second-order valence-electron chi connectivity index (χ2n) is 9.01. The van der Waals surface area contributed by atoms with Crippen LogP contribution >= 0.6 is 11.6 Å². The molecule has 2 aromatic heterocycles. The van der Waals surface area contributed by atoms with Gasteiger partial charge in [0.1, 0.15) is 18.2 Å². The maximum atomic E-state index is 11.3. The molecule has 2 aromatic carbocycles. The van der Waals surface area contributed by atoms with E-state index in [0.29, 0.717) is 22.2 Å². The standard InChI is InChI=1S/C26H28ClN5O4/c1-6-26(34,15-35-4)14-25(2,33)22(36-5)17-8-7-9-19(12-17)31(3)23-20-11-10-18(27)13-21(20)32-16-28-30-24(32)29-23/h1,7-13,16,22,33-34H,14-15H2,2-5H3. The van der Waals surface area contributed by atoms with E-state index < -0.39 is 17.3 Å². The van der Waals surface area contributed by atoms with Crippen molar-refractivity contribution in [1.29, 1.82) is 0 Å². The Morgan fingerprint density at radius 3 is 2.69 bits per heavy atom. The molecule has 0 saturated heterocycles. The van der Waals surface area contributed by atoms with E-state index >= 15 is 0 Å². The van der Waals surface area contributed by atoms with Crippen LogP contribution in [0.1, 0.15) is 25.0 Å². The molecule has 0 bridgehead atoms. The van der Waals surface area contributed by atoms with Gasteiger partial charge in [0.15, 0.2) is 5.60 Å². The lowest BCUT2D eigenvalue weighted by molar-refractivity contribution is -0.126. The third-order valence-corrected chi connectivity index (χ3v) is 6.41. The molecule has 36 heavy (non-hydrogen) atoms. The fourth-order valence-electron chi connectivity index (χ4n) is 4.61. The predicted molar refractivity (Wildman–Crippen MR) is 138 cm³/mol. The van der Waals surface area contributed by atoms with Gasteiger partial charge in [0, 0.05) is 43.8 Å². The largest absolute Gasteiger partial charge is 0.387 e.